The summed E-state index contributed by atoms with van der Waals surface area (Å²) >= 11 is 0. The van der Waals surface area contributed by atoms with Gasteiger partial charge in [0.15, 0.2) is 5.96 Å². The lowest BCUT2D eigenvalue weighted by atomic mass is 10.0. The van der Waals surface area contributed by atoms with Crippen molar-refractivity contribution in [3.8, 4) is 0 Å². The predicted molar refractivity (Wildman–Crippen MR) is 188 cm³/mol. The number of carbonyl (C=O) groups excluding carboxylic acids is 7. The van der Waals surface area contributed by atoms with E-state index in [0.29, 0.717) is 0 Å². The number of carboxylic acids is 2. The van der Waals surface area contributed by atoms with Crippen molar-refractivity contribution in [3.05, 3.63) is 0 Å². The van der Waals surface area contributed by atoms with Crippen LogP contribution in [-0.2, 0) is 43.2 Å². The highest BCUT2D eigenvalue weighted by atomic mass is 16.4. The van der Waals surface area contributed by atoms with Crippen LogP contribution in [0.2, 0.25) is 0 Å². The molecule has 0 spiro atoms. The largest absolute Gasteiger partial charge is 0.481 e. The molecule has 25 heteroatoms. The molecule has 25 nitrogen and oxygen atoms in total. The molecule has 19 N–H and O–H groups in total. The third kappa shape index (κ3) is 19.8. The quantitative estimate of drug-likeness (QED) is 0.0209. The van der Waals surface area contributed by atoms with Gasteiger partial charge in [0.05, 0.1) is 32.3 Å². The van der Waals surface area contributed by atoms with E-state index in [9.17, 15) is 68.7 Å². The average molecular weight is 792 g/mol. The highest BCUT2D eigenvalue weighted by Gasteiger charge is 2.34. The fourth-order valence-corrected chi connectivity index (χ4v) is 4.50. The fraction of sp³-hybridized carbons (Fsp3) is 0.667. The standard InChI is InChI=1S/C30H53N11O14/c1-13(2)8-16(24(49)40-19(11-43)26(51)36-15(29(54)55)4-3-7-35-30(33)34)37-25(50)17(9-22(46)47)38-27(52)20(12-44)41-28(53)18(10-42)39-23(48)14(31)5-6-21(32)45/h13-20,42-44H,3-12,31H2,1-2H3,(H2,32,45)(H,36,51)(H,37,50)(H,38,52)(H,39,48)(H,40,49)(H,41,53)(H,46,47)(H,54,55)(H4,33,34,35)/t14-,15-,16-,17-,18-,19-,20-/m0/s1. The average Bonchev–Trinajstić information content (AvgIpc) is 3.09. The first kappa shape index (κ1) is 49.3. The number of guanidine groups is 1. The van der Waals surface area contributed by atoms with Gasteiger partial charge in [-0.2, -0.15) is 0 Å². The lowest BCUT2D eigenvalue weighted by molar-refractivity contribution is -0.142. The molecular weight excluding hydrogens is 738 g/mol. The van der Waals surface area contributed by atoms with E-state index in [-0.39, 0.29) is 50.5 Å². The zero-order valence-corrected chi connectivity index (χ0v) is 30.4. The summed E-state index contributed by atoms with van der Waals surface area (Å²) in [7, 11) is 0. The summed E-state index contributed by atoms with van der Waals surface area (Å²) in [5.41, 5.74) is 21.1. The molecule has 0 saturated heterocycles. The molecule has 55 heavy (non-hydrogen) atoms. The van der Waals surface area contributed by atoms with Crippen LogP contribution in [0.25, 0.3) is 0 Å². The van der Waals surface area contributed by atoms with Gasteiger partial charge in [-0.05, 0) is 31.6 Å². The van der Waals surface area contributed by atoms with Crippen LogP contribution in [0.15, 0.2) is 4.99 Å². The molecule has 0 aliphatic carbocycles. The van der Waals surface area contributed by atoms with Crippen molar-refractivity contribution in [1.82, 2.24) is 31.9 Å². The molecule has 0 radical (unpaired) electrons. The monoisotopic (exact) mass is 791 g/mol. The molecular formula is C30H53N11O14. The molecule has 0 fully saturated rings. The lowest BCUT2D eigenvalue weighted by Crippen LogP contribution is -2.61. The van der Waals surface area contributed by atoms with Gasteiger partial charge in [-0.15, -0.1) is 0 Å². The summed E-state index contributed by atoms with van der Waals surface area (Å²) in [6.45, 7) is 0.205. The van der Waals surface area contributed by atoms with Crippen LogP contribution < -0.4 is 54.8 Å². The van der Waals surface area contributed by atoms with Crippen LogP contribution in [0.4, 0.5) is 0 Å². The molecule has 312 valence electrons. The van der Waals surface area contributed by atoms with Gasteiger partial charge in [0.2, 0.25) is 41.4 Å². The third-order valence-electron chi connectivity index (χ3n) is 7.40. The maximum Gasteiger partial charge on any atom is 0.326 e. The van der Waals surface area contributed by atoms with Crippen molar-refractivity contribution >= 4 is 59.2 Å². The van der Waals surface area contributed by atoms with Gasteiger partial charge in [-0.1, -0.05) is 13.8 Å². The molecule has 0 unspecified atom stereocenters. The lowest BCUT2D eigenvalue weighted by Gasteiger charge is -2.27. The second kappa shape index (κ2) is 25.4. The summed E-state index contributed by atoms with van der Waals surface area (Å²) < 4.78 is 0. The zero-order chi connectivity index (χ0) is 42.4. The molecule has 7 amide bonds. The van der Waals surface area contributed by atoms with Gasteiger partial charge >= 0.3 is 11.9 Å². The van der Waals surface area contributed by atoms with Crippen LogP contribution in [0.3, 0.4) is 0 Å². The molecule has 0 rings (SSSR count). The summed E-state index contributed by atoms with van der Waals surface area (Å²) in [4.78, 5) is 115. The van der Waals surface area contributed by atoms with E-state index >= 15 is 0 Å². The molecule has 0 aromatic carbocycles. The van der Waals surface area contributed by atoms with Crippen LogP contribution >= 0.6 is 0 Å². The van der Waals surface area contributed by atoms with Gasteiger partial charge < -0.3 is 80.4 Å². The molecule has 0 aromatic heterocycles. The number of nitrogens with one attached hydrogen (secondary N) is 6. The Balaban J connectivity index is 5.85. The van der Waals surface area contributed by atoms with Crippen LogP contribution in [0.5, 0.6) is 0 Å². The normalized spacial score (nSPS) is 14.7. The number of nitrogens with zero attached hydrogens (tertiary/aromatic N) is 1. The first-order valence-electron chi connectivity index (χ1n) is 16.9. The zero-order valence-electron chi connectivity index (χ0n) is 30.4. The van der Waals surface area contributed by atoms with E-state index in [2.05, 4.69) is 26.3 Å². The first-order chi connectivity index (χ1) is 25.7. The van der Waals surface area contributed by atoms with Gasteiger partial charge in [0.25, 0.3) is 0 Å². The molecule has 7 atom stereocenters. The van der Waals surface area contributed by atoms with E-state index in [1.165, 1.54) is 0 Å². The first-order valence-corrected chi connectivity index (χ1v) is 16.9. The van der Waals surface area contributed by atoms with Crippen molar-refractivity contribution in [3.63, 3.8) is 0 Å². The molecule has 0 bridgehead atoms. The Hall–Kier alpha value is -5.66. The van der Waals surface area contributed by atoms with Crippen molar-refractivity contribution in [1.29, 1.82) is 0 Å². The fourth-order valence-electron chi connectivity index (χ4n) is 4.50. The van der Waals surface area contributed by atoms with E-state index in [1.54, 1.807) is 13.8 Å². The van der Waals surface area contributed by atoms with Crippen molar-refractivity contribution in [2.24, 2.45) is 33.8 Å². The topological polar surface area (TPSA) is 443 Å². The number of aliphatic imine (C=N–C) groups is 1. The number of nitrogens with two attached hydrogens (primary N) is 4. The van der Waals surface area contributed by atoms with Crippen LogP contribution in [-0.4, -0.2) is 153 Å². The number of primary amides is 1. The summed E-state index contributed by atoms with van der Waals surface area (Å²) in [6, 6.07) is -11.5. The van der Waals surface area contributed by atoms with E-state index in [4.69, 9.17) is 22.9 Å². The van der Waals surface area contributed by atoms with Gasteiger partial charge in [-0.25, -0.2) is 4.79 Å². The highest BCUT2D eigenvalue weighted by Crippen LogP contribution is 2.08. The molecule has 0 saturated carbocycles. The number of carbonyl (C=O) groups is 9. The van der Waals surface area contributed by atoms with Gasteiger partial charge in [0, 0.05) is 13.0 Å². The number of hydrogen-bond donors (Lipinski definition) is 15. The molecule has 0 aliphatic rings. The number of aliphatic hydroxyl groups excluding tert-OH is 3. The summed E-state index contributed by atoms with van der Waals surface area (Å²) in [6.07, 6.45) is -1.62. The minimum atomic E-state index is -1.93. The van der Waals surface area contributed by atoms with Gasteiger partial charge in [-0.3, -0.25) is 43.3 Å². The number of aliphatic carboxylic acids is 2. The third-order valence-corrected chi connectivity index (χ3v) is 7.40. The Morgan fingerprint density at radius 3 is 1.38 bits per heavy atom. The van der Waals surface area contributed by atoms with Crippen molar-refractivity contribution < 1.29 is 68.7 Å². The Morgan fingerprint density at radius 2 is 0.982 bits per heavy atom. The second-order valence-corrected chi connectivity index (χ2v) is 12.5. The van der Waals surface area contributed by atoms with E-state index < -0.39 is 122 Å². The number of aliphatic hydroxyl groups is 3. The van der Waals surface area contributed by atoms with Crippen molar-refractivity contribution in [2.45, 2.75) is 94.7 Å². The van der Waals surface area contributed by atoms with Gasteiger partial charge in [0.1, 0.15) is 36.3 Å². The SMILES string of the molecule is CC(C)C[C@H](NC(=O)[C@H](CC(=O)O)NC(=O)[C@H](CO)NC(=O)[C@H](CO)NC(=O)[C@@H](N)CCC(N)=O)C(=O)N[C@@H](CO)C(=O)N[C@@H](CCCN=C(N)N)C(=O)O. The molecule has 0 aliphatic heterocycles. The number of rotatable bonds is 27. The molecule has 0 heterocycles. The number of amides is 7. The second-order valence-electron chi connectivity index (χ2n) is 12.5. The van der Waals surface area contributed by atoms with E-state index in [0.717, 1.165) is 0 Å². The Bertz CT molecular complexity index is 1390. The van der Waals surface area contributed by atoms with Crippen LogP contribution in [0, 0.1) is 5.92 Å². The Morgan fingerprint density at radius 1 is 0.582 bits per heavy atom. The highest BCUT2D eigenvalue weighted by molar-refractivity contribution is 5.98. The Labute approximate surface area is 314 Å². The van der Waals surface area contributed by atoms with Crippen molar-refractivity contribution in [2.75, 3.05) is 26.4 Å². The summed E-state index contributed by atoms with van der Waals surface area (Å²) in [5, 5.41) is 61.0. The maximum absolute atomic E-state index is 13.3. The maximum atomic E-state index is 13.3. The summed E-state index contributed by atoms with van der Waals surface area (Å²) in [5.74, 6) is -11.2. The number of carboxylic acid groups (broad SMARTS) is 2. The predicted octanol–water partition coefficient (Wildman–Crippen LogP) is -7.88. The minimum absolute atomic E-state index is 0.0541. The van der Waals surface area contributed by atoms with Crippen LogP contribution in [0.1, 0.15) is 52.4 Å². The van der Waals surface area contributed by atoms with E-state index in [1.807, 2.05) is 10.6 Å². The molecule has 0 aromatic rings. The number of hydrogen-bond acceptors (Lipinski definition) is 14. The smallest absolute Gasteiger partial charge is 0.326 e. The minimum Gasteiger partial charge on any atom is -0.481 e. The Kier molecular flexibility index (Phi) is 22.8.